The third-order valence-electron chi connectivity index (χ3n) is 6.41. The lowest BCUT2D eigenvalue weighted by Crippen LogP contribution is -2.64. The van der Waals surface area contributed by atoms with E-state index in [1.807, 2.05) is 24.3 Å². The minimum atomic E-state index is -1.07. The fraction of sp³-hybridized carbons (Fsp3) is 0.478. The van der Waals surface area contributed by atoms with Crippen LogP contribution in [0.4, 0.5) is 0 Å². The Labute approximate surface area is 186 Å². The summed E-state index contributed by atoms with van der Waals surface area (Å²) in [5, 5.41) is 5.89. The van der Waals surface area contributed by atoms with Crippen LogP contribution >= 0.6 is 0 Å². The third-order valence-corrected chi connectivity index (χ3v) is 6.41. The molecule has 9 nitrogen and oxygen atoms in total. The van der Waals surface area contributed by atoms with Gasteiger partial charge in [0.2, 0.25) is 5.91 Å². The van der Waals surface area contributed by atoms with Gasteiger partial charge in [0.25, 0.3) is 11.8 Å². The van der Waals surface area contributed by atoms with Crippen LogP contribution in [0.2, 0.25) is 0 Å². The van der Waals surface area contributed by atoms with Crippen molar-refractivity contribution < 1.29 is 19.1 Å². The average molecular weight is 438 g/mol. The number of carbonyl (C=O) groups is 3. The molecule has 2 heterocycles. The molecule has 168 valence electrons. The number of amides is 3. The lowest BCUT2D eigenvalue weighted by Gasteiger charge is -2.44. The maximum absolute atomic E-state index is 13.5. The molecule has 1 aromatic carbocycles. The van der Waals surface area contributed by atoms with Crippen molar-refractivity contribution in [3.05, 3.63) is 47.5 Å². The highest BCUT2D eigenvalue weighted by Crippen LogP contribution is 2.39. The Morgan fingerprint density at radius 2 is 1.91 bits per heavy atom. The minimum Gasteiger partial charge on any atom is -0.497 e. The van der Waals surface area contributed by atoms with Crippen LogP contribution in [-0.4, -0.2) is 56.9 Å². The molecule has 0 bridgehead atoms. The molecule has 1 aromatic heterocycles. The van der Waals surface area contributed by atoms with Crippen LogP contribution in [0.25, 0.3) is 0 Å². The minimum absolute atomic E-state index is 0.00206. The number of aromatic nitrogens is 2. The number of hydrogen-bond acceptors (Lipinski definition) is 5. The van der Waals surface area contributed by atoms with Gasteiger partial charge in [0.15, 0.2) is 5.69 Å². The largest absolute Gasteiger partial charge is 0.497 e. The van der Waals surface area contributed by atoms with Gasteiger partial charge in [-0.3, -0.25) is 14.4 Å². The zero-order valence-electron chi connectivity index (χ0n) is 18.3. The SMILES string of the molecule is COc1ccc(CNC(=O)[C@]2(C)Cn3cnc(C(=O)NC4CC4)c3C(=O)N2C2CC2)cc1. The first-order chi connectivity index (χ1) is 15.4. The maximum Gasteiger partial charge on any atom is 0.274 e. The first kappa shape index (κ1) is 20.5. The van der Waals surface area contributed by atoms with Gasteiger partial charge in [-0.1, -0.05) is 12.1 Å². The first-order valence-electron chi connectivity index (χ1n) is 11.0. The van der Waals surface area contributed by atoms with E-state index in [0.717, 1.165) is 37.0 Å². The number of hydrogen-bond donors (Lipinski definition) is 2. The molecule has 0 saturated heterocycles. The number of benzene rings is 1. The molecule has 1 aliphatic heterocycles. The molecule has 1 atom stereocenters. The zero-order valence-corrected chi connectivity index (χ0v) is 18.3. The molecule has 32 heavy (non-hydrogen) atoms. The Morgan fingerprint density at radius 3 is 2.53 bits per heavy atom. The molecule has 0 unspecified atom stereocenters. The molecule has 9 heteroatoms. The predicted molar refractivity (Wildman–Crippen MR) is 115 cm³/mol. The van der Waals surface area contributed by atoms with E-state index in [0.29, 0.717) is 6.54 Å². The van der Waals surface area contributed by atoms with Gasteiger partial charge < -0.3 is 24.8 Å². The lowest BCUT2D eigenvalue weighted by molar-refractivity contribution is -0.133. The fourth-order valence-corrected chi connectivity index (χ4v) is 4.32. The van der Waals surface area contributed by atoms with Gasteiger partial charge in [0, 0.05) is 18.6 Å². The number of methoxy groups -OCH3 is 1. The van der Waals surface area contributed by atoms with Gasteiger partial charge >= 0.3 is 0 Å². The number of fused-ring (bicyclic) bond motifs is 1. The summed E-state index contributed by atoms with van der Waals surface area (Å²) in [6, 6.07) is 7.65. The van der Waals surface area contributed by atoms with Gasteiger partial charge in [0.1, 0.15) is 17.0 Å². The van der Waals surface area contributed by atoms with Gasteiger partial charge in [-0.25, -0.2) is 4.98 Å². The van der Waals surface area contributed by atoms with Crippen LogP contribution < -0.4 is 15.4 Å². The van der Waals surface area contributed by atoms with Crippen LogP contribution in [0.5, 0.6) is 5.75 Å². The van der Waals surface area contributed by atoms with Crippen molar-refractivity contribution in [1.82, 2.24) is 25.1 Å². The summed E-state index contributed by atoms with van der Waals surface area (Å²) in [6.45, 7) is 2.39. The smallest absolute Gasteiger partial charge is 0.274 e. The second-order valence-electron chi connectivity index (χ2n) is 9.03. The summed E-state index contributed by atoms with van der Waals surface area (Å²) >= 11 is 0. The number of nitrogens with zero attached hydrogens (tertiary/aromatic N) is 3. The van der Waals surface area contributed by atoms with E-state index < -0.39 is 5.54 Å². The van der Waals surface area contributed by atoms with E-state index in [2.05, 4.69) is 15.6 Å². The summed E-state index contributed by atoms with van der Waals surface area (Å²) in [5.74, 6) is -0.104. The zero-order chi connectivity index (χ0) is 22.5. The van der Waals surface area contributed by atoms with Gasteiger partial charge in [-0.2, -0.15) is 0 Å². The first-order valence-corrected chi connectivity index (χ1v) is 11.0. The topological polar surface area (TPSA) is 106 Å². The Hall–Kier alpha value is -3.36. The predicted octanol–water partition coefficient (Wildman–Crippen LogP) is 1.48. The molecule has 0 radical (unpaired) electrons. The monoisotopic (exact) mass is 437 g/mol. The second-order valence-corrected chi connectivity index (χ2v) is 9.03. The highest BCUT2D eigenvalue weighted by Gasteiger charge is 2.53. The normalized spacial score (nSPS) is 22.3. The van der Waals surface area contributed by atoms with Crippen LogP contribution in [0.1, 0.15) is 59.1 Å². The molecule has 2 aliphatic carbocycles. The molecular formula is C23H27N5O4. The molecule has 2 aromatic rings. The van der Waals surface area contributed by atoms with Crippen LogP contribution in [-0.2, 0) is 17.9 Å². The average Bonchev–Trinajstić information content (AvgIpc) is 3.72. The summed E-state index contributed by atoms with van der Waals surface area (Å²) in [6.07, 6.45) is 5.11. The van der Waals surface area contributed by atoms with Gasteiger partial charge in [-0.15, -0.1) is 0 Å². The Morgan fingerprint density at radius 1 is 1.19 bits per heavy atom. The van der Waals surface area contributed by atoms with E-state index in [9.17, 15) is 14.4 Å². The number of imidazole rings is 1. The highest BCUT2D eigenvalue weighted by atomic mass is 16.5. The molecule has 2 fully saturated rings. The van der Waals surface area contributed by atoms with Crippen molar-refractivity contribution in [3.8, 4) is 5.75 Å². The third kappa shape index (κ3) is 3.61. The van der Waals surface area contributed by atoms with Crippen molar-refractivity contribution in [1.29, 1.82) is 0 Å². The molecule has 3 amide bonds. The molecule has 5 rings (SSSR count). The second kappa shape index (κ2) is 7.65. The van der Waals surface area contributed by atoms with Crippen LogP contribution in [0, 0.1) is 0 Å². The summed E-state index contributed by atoms with van der Waals surface area (Å²) in [4.78, 5) is 45.4. The number of carbonyl (C=O) groups excluding carboxylic acids is 3. The molecule has 3 aliphatic rings. The van der Waals surface area contributed by atoms with Crippen LogP contribution in [0.3, 0.4) is 0 Å². The number of rotatable bonds is 7. The fourth-order valence-electron chi connectivity index (χ4n) is 4.32. The van der Waals surface area contributed by atoms with Gasteiger partial charge in [0.05, 0.1) is 20.0 Å². The quantitative estimate of drug-likeness (QED) is 0.683. The Kier molecular flexibility index (Phi) is 4.91. The summed E-state index contributed by atoms with van der Waals surface area (Å²) in [5.41, 5.74) is 0.289. The highest BCUT2D eigenvalue weighted by molar-refractivity contribution is 6.07. The molecular weight excluding hydrogens is 410 g/mol. The van der Waals surface area contributed by atoms with Crippen molar-refractivity contribution in [2.75, 3.05) is 7.11 Å². The van der Waals surface area contributed by atoms with E-state index in [4.69, 9.17) is 4.74 Å². The van der Waals surface area contributed by atoms with E-state index >= 15 is 0 Å². The summed E-state index contributed by atoms with van der Waals surface area (Å²) in [7, 11) is 1.61. The molecule has 2 saturated carbocycles. The lowest BCUT2D eigenvalue weighted by atomic mass is 9.93. The molecule has 0 spiro atoms. The van der Waals surface area contributed by atoms with Gasteiger partial charge in [-0.05, 0) is 50.3 Å². The van der Waals surface area contributed by atoms with Crippen molar-refractivity contribution in [2.24, 2.45) is 0 Å². The Balaban J connectivity index is 1.38. The van der Waals surface area contributed by atoms with E-state index in [1.54, 1.807) is 23.5 Å². The Bertz CT molecular complexity index is 1070. The van der Waals surface area contributed by atoms with Crippen molar-refractivity contribution in [3.63, 3.8) is 0 Å². The number of nitrogens with one attached hydrogen (secondary N) is 2. The maximum atomic E-state index is 13.5. The van der Waals surface area contributed by atoms with Crippen molar-refractivity contribution in [2.45, 2.75) is 63.3 Å². The van der Waals surface area contributed by atoms with Crippen LogP contribution in [0.15, 0.2) is 30.6 Å². The molecule has 2 N–H and O–H groups in total. The van der Waals surface area contributed by atoms with E-state index in [-0.39, 0.29) is 47.7 Å². The van der Waals surface area contributed by atoms with E-state index in [1.165, 1.54) is 6.33 Å². The summed E-state index contributed by atoms with van der Waals surface area (Å²) < 4.78 is 6.82. The standard InChI is InChI=1S/C23H27N5O4/c1-23(22(31)24-11-14-3-9-17(32-2)10-4-14)12-27-13-25-18(20(29)26-15-5-6-15)19(27)21(30)28(23)16-7-8-16/h3-4,9-10,13,15-16H,5-8,11-12H2,1-2H3,(H,24,31)(H,26,29)/t23-/m0/s1. The number of ether oxygens (including phenoxy) is 1. The van der Waals surface area contributed by atoms with Crippen molar-refractivity contribution >= 4 is 17.7 Å².